The first kappa shape index (κ1) is 23.0. The first-order valence-electron chi connectivity index (χ1n) is 12.5. The molecule has 0 fully saturated rings. The molecule has 1 aliphatic heterocycles. The summed E-state index contributed by atoms with van der Waals surface area (Å²) in [5, 5.41) is 4.53. The molecule has 6 aromatic rings. The van der Waals surface area contributed by atoms with E-state index in [1.807, 2.05) is 48.2 Å². The second kappa shape index (κ2) is 9.60. The van der Waals surface area contributed by atoms with Gasteiger partial charge in [0.2, 0.25) is 0 Å². The number of hydrogen-bond acceptors (Lipinski definition) is 4. The zero-order valence-corrected chi connectivity index (χ0v) is 21.9. The molecule has 184 valence electrons. The number of fused-ring (bicyclic) bond motifs is 3. The van der Waals surface area contributed by atoms with Gasteiger partial charge in [0.1, 0.15) is 12.0 Å². The second-order valence-electron chi connectivity index (χ2n) is 9.19. The van der Waals surface area contributed by atoms with Crippen LogP contribution in [0.3, 0.4) is 0 Å². The van der Waals surface area contributed by atoms with E-state index in [4.69, 9.17) is 16.6 Å². The fourth-order valence-corrected chi connectivity index (χ4v) is 6.12. The highest BCUT2D eigenvalue weighted by Gasteiger charge is 2.30. The van der Waals surface area contributed by atoms with E-state index in [0.29, 0.717) is 0 Å². The predicted molar refractivity (Wildman–Crippen MR) is 158 cm³/mol. The molecule has 2 heterocycles. The molecule has 0 saturated heterocycles. The molecular weight excluding hydrogens is 508 g/mol. The molecule has 7 rings (SSSR count). The summed E-state index contributed by atoms with van der Waals surface area (Å²) in [6.45, 7) is 0. The summed E-state index contributed by atoms with van der Waals surface area (Å²) in [6, 6.07) is 41.8. The van der Waals surface area contributed by atoms with Crippen molar-refractivity contribution in [2.24, 2.45) is 0 Å². The zero-order chi connectivity index (χ0) is 25.5. The van der Waals surface area contributed by atoms with Crippen molar-refractivity contribution in [3.63, 3.8) is 0 Å². The van der Waals surface area contributed by atoms with E-state index in [2.05, 4.69) is 100 Å². The Kier molecular flexibility index (Phi) is 5.80. The number of para-hydroxylation sites is 4. The molecule has 0 saturated carbocycles. The van der Waals surface area contributed by atoms with Gasteiger partial charge in [0, 0.05) is 26.1 Å². The van der Waals surface area contributed by atoms with Crippen LogP contribution in [0.25, 0.3) is 22.4 Å². The van der Waals surface area contributed by atoms with Crippen molar-refractivity contribution in [3.05, 3.63) is 132 Å². The van der Waals surface area contributed by atoms with Crippen molar-refractivity contribution in [3.8, 4) is 11.4 Å². The molecule has 1 atom stereocenters. The van der Waals surface area contributed by atoms with Gasteiger partial charge in [-0.05, 0) is 78.4 Å². The molecule has 2 N–H and O–H groups in total. The molecule has 0 radical (unpaired) electrons. The highest BCUT2D eigenvalue weighted by Crippen LogP contribution is 2.51. The number of aromatic amines is 1. The number of benzene rings is 5. The molecule has 0 bridgehead atoms. The molecule has 1 unspecified atom stereocenters. The molecule has 6 heteroatoms. The minimum Gasteiger partial charge on any atom is -0.361 e. The summed E-state index contributed by atoms with van der Waals surface area (Å²) in [7, 11) is 0. The number of nitrogens with zero attached hydrogens (tertiary/aromatic N) is 2. The van der Waals surface area contributed by atoms with Gasteiger partial charge >= 0.3 is 0 Å². The molecule has 1 aromatic heterocycles. The number of nitrogens with one attached hydrogen (secondary N) is 2. The van der Waals surface area contributed by atoms with Crippen LogP contribution in [0.4, 0.5) is 17.1 Å². The molecule has 4 nitrogen and oxygen atoms in total. The Labute approximate surface area is 230 Å². The minimum absolute atomic E-state index is 0.160. The van der Waals surface area contributed by atoms with E-state index in [9.17, 15) is 0 Å². The summed E-state index contributed by atoms with van der Waals surface area (Å²) in [5.74, 6) is 0.864. The van der Waals surface area contributed by atoms with E-state index in [0.717, 1.165) is 38.7 Å². The van der Waals surface area contributed by atoms with Gasteiger partial charge in [0.05, 0.1) is 22.4 Å². The third kappa shape index (κ3) is 4.20. The lowest BCUT2D eigenvalue weighted by Crippen LogP contribution is -2.32. The van der Waals surface area contributed by atoms with Gasteiger partial charge in [0.15, 0.2) is 0 Å². The number of anilines is 3. The van der Waals surface area contributed by atoms with Gasteiger partial charge < -0.3 is 15.2 Å². The lowest BCUT2D eigenvalue weighted by atomic mass is 10.1. The van der Waals surface area contributed by atoms with Crippen LogP contribution < -0.4 is 10.2 Å². The average Bonchev–Trinajstić information content (AvgIpc) is 3.40. The minimum atomic E-state index is -0.160. The van der Waals surface area contributed by atoms with Crippen molar-refractivity contribution in [1.82, 2.24) is 9.97 Å². The van der Waals surface area contributed by atoms with Crippen molar-refractivity contribution >= 4 is 51.5 Å². The van der Waals surface area contributed by atoms with E-state index in [1.54, 1.807) is 0 Å². The number of rotatable bonds is 5. The number of aromatic nitrogens is 2. The third-order valence-corrected chi connectivity index (χ3v) is 8.15. The van der Waals surface area contributed by atoms with Gasteiger partial charge in [-0.25, -0.2) is 4.98 Å². The highest BCUT2D eigenvalue weighted by molar-refractivity contribution is 7.99. The van der Waals surface area contributed by atoms with Gasteiger partial charge in [-0.15, -0.1) is 0 Å². The topological polar surface area (TPSA) is 44.0 Å². The Hall–Kier alpha value is -4.19. The molecule has 5 aromatic carbocycles. The van der Waals surface area contributed by atoms with Gasteiger partial charge in [-0.1, -0.05) is 71.9 Å². The van der Waals surface area contributed by atoms with Crippen LogP contribution >= 0.6 is 23.4 Å². The summed E-state index contributed by atoms with van der Waals surface area (Å²) in [5.41, 5.74) is 7.51. The molecule has 0 spiro atoms. The maximum Gasteiger partial charge on any atom is 0.138 e. The van der Waals surface area contributed by atoms with E-state index < -0.39 is 0 Å². The molecule has 38 heavy (non-hydrogen) atoms. The van der Waals surface area contributed by atoms with Crippen LogP contribution in [0.15, 0.2) is 131 Å². The Morgan fingerprint density at radius 3 is 2.03 bits per heavy atom. The smallest absolute Gasteiger partial charge is 0.138 e. The number of hydrogen-bond donors (Lipinski definition) is 2. The van der Waals surface area contributed by atoms with Crippen molar-refractivity contribution in [1.29, 1.82) is 0 Å². The fraction of sp³-hybridized carbons (Fsp3) is 0.0312. The average molecular weight is 531 g/mol. The van der Waals surface area contributed by atoms with Crippen LogP contribution in [-0.4, -0.2) is 9.97 Å². The van der Waals surface area contributed by atoms with Crippen molar-refractivity contribution in [2.75, 3.05) is 10.2 Å². The molecule has 0 amide bonds. The van der Waals surface area contributed by atoms with E-state index in [-0.39, 0.29) is 6.17 Å². The van der Waals surface area contributed by atoms with E-state index in [1.165, 1.54) is 21.2 Å². The molecule has 0 aliphatic carbocycles. The SMILES string of the molecule is Clc1ccc(C(Nc2ccc(-c3nc4ccccc4[nH]3)cc2)N2c3ccccc3Sc3ccccc32)cc1. The molecular formula is C32H23ClN4S. The Morgan fingerprint density at radius 2 is 1.34 bits per heavy atom. The Balaban J connectivity index is 1.29. The lowest BCUT2D eigenvalue weighted by molar-refractivity contribution is 0.773. The summed E-state index contributed by atoms with van der Waals surface area (Å²) < 4.78 is 0. The second-order valence-corrected chi connectivity index (χ2v) is 10.7. The first-order chi connectivity index (χ1) is 18.7. The Morgan fingerprint density at radius 1 is 0.711 bits per heavy atom. The first-order valence-corrected chi connectivity index (χ1v) is 13.6. The largest absolute Gasteiger partial charge is 0.361 e. The predicted octanol–water partition coefficient (Wildman–Crippen LogP) is 9.30. The molecule has 1 aliphatic rings. The highest BCUT2D eigenvalue weighted by atomic mass is 35.5. The third-order valence-electron chi connectivity index (χ3n) is 6.76. The zero-order valence-electron chi connectivity index (χ0n) is 20.3. The number of halogens is 1. The van der Waals surface area contributed by atoms with Crippen molar-refractivity contribution in [2.45, 2.75) is 16.0 Å². The number of H-pyrrole nitrogens is 1. The Bertz CT molecular complexity index is 1670. The van der Waals surface area contributed by atoms with E-state index >= 15 is 0 Å². The number of imidazole rings is 1. The normalized spacial score (nSPS) is 13.1. The van der Waals surface area contributed by atoms with Gasteiger partial charge in [-0.2, -0.15) is 0 Å². The maximum absolute atomic E-state index is 6.28. The van der Waals surface area contributed by atoms with Crippen LogP contribution in [0.5, 0.6) is 0 Å². The fourth-order valence-electron chi connectivity index (χ4n) is 4.93. The van der Waals surface area contributed by atoms with Crippen LogP contribution in [-0.2, 0) is 0 Å². The van der Waals surface area contributed by atoms with Crippen molar-refractivity contribution < 1.29 is 0 Å². The standard InChI is InChI=1S/C32H23ClN4S/c33-23-17-13-22(14-18-23)32(37-27-9-3-5-11-29(27)38-30-12-6-4-10-28(30)37)34-24-19-15-21(16-20-24)31-35-25-7-1-2-8-26(25)36-31/h1-20,32,34H,(H,35,36). The lowest BCUT2D eigenvalue weighted by Gasteiger charge is -2.39. The maximum atomic E-state index is 6.28. The summed E-state index contributed by atoms with van der Waals surface area (Å²) in [4.78, 5) is 13.0. The van der Waals surface area contributed by atoms with Gasteiger partial charge in [-0.3, -0.25) is 0 Å². The quantitative estimate of drug-likeness (QED) is 0.233. The van der Waals surface area contributed by atoms with Gasteiger partial charge in [0.25, 0.3) is 0 Å². The van der Waals surface area contributed by atoms with Crippen LogP contribution in [0.1, 0.15) is 11.7 Å². The monoisotopic (exact) mass is 530 g/mol. The van der Waals surface area contributed by atoms with Crippen LogP contribution in [0, 0.1) is 0 Å². The van der Waals surface area contributed by atoms with Crippen LogP contribution in [0.2, 0.25) is 5.02 Å². The summed E-state index contributed by atoms with van der Waals surface area (Å²) >= 11 is 8.09. The summed E-state index contributed by atoms with van der Waals surface area (Å²) in [6.07, 6.45) is -0.160.